The molecule has 1 unspecified atom stereocenters. The number of nitrogens with one attached hydrogen (secondary N) is 1. The predicted octanol–water partition coefficient (Wildman–Crippen LogP) is 2.96. The normalized spacial score (nSPS) is 16.5. The van der Waals surface area contributed by atoms with Gasteiger partial charge in [0, 0.05) is 24.6 Å². The van der Waals surface area contributed by atoms with Crippen LogP contribution in [-0.4, -0.2) is 61.7 Å². The SMILES string of the molecule is Cc1ccc(-c2ncccn2)c(C(=O)N2CCCOC2CNc2cnc(C(F)(F)F)cn2)n1. The lowest BCUT2D eigenvalue weighted by atomic mass is 10.1. The quantitative estimate of drug-likeness (QED) is 0.621. The van der Waals surface area contributed by atoms with Crippen LogP contribution in [0, 0.1) is 6.92 Å². The Morgan fingerprint density at radius 2 is 1.97 bits per heavy atom. The highest BCUT2D eigenvalue weighted by molar-refractivity contribution is 5.98. The molecule has 0 aromatic carbocycles. The molecule has 1 amide bonds. The highest BCUT2D eigenvalue weighted by Crippen LogP contribution is 2.27. The van der Waals surface area contributed by atoms with Crippen molar-refractivity contribution in [3.8, 4) is 11.4 Å². The number of carbonyl (C=O) groups is 1. The van der Waals surface area contributed by atoms with Gasteiger partial charge in [0.25, 0.3) is 5.91 Å². The van der Waals surface area contributed by atoms with Gasteiger partial charge in [-0.2, -0.15) is 13.2 Å². The first-order valence-electron chi connectivity index (χ1n) is 10.1. The average Bonchev–Trinajstić information content (AvgIpc) is 2.82. The molecular formula is C21H20F3N7O2. The summed E-state index contributed by atoms with van der Waals surface area (Å²) in [5.41, 5.74) is 0.272. The number of pyridine rings is 1. The zero-order chi connectivity index (χ0) is 23.4. The number of aryl methyl sites for hydroxylation is 1. The summed E-state index contributed by atoms with van der Waals surface area (Å²) >= 11 is 0. The molecule has 12 heteroatoms. The minimum Gasteiger partial charge on any atom is -0.364 e. The van der Waals surface area contributed by atoms with Crippen molar-refractivity contribution < 1.29 is 22.7 Å². The molecule has 4 heterocycles. The largest absolute Gasteiger partial charge is 0.434 e. The van der Waals surface area contributed by atoms with Gasteiger partial charge in [0.15, 0.2) is 11.5 Å². The Balaban J connectivity index is 1.53. The zero-order valence-electron chi connectivity index (χ0n) is 17.6. The topological polar surface area (TPSA) is 106 Å². The van der Waals surface area contributed by atoms with E-state index in [0.29, 0.717) is 42.9 Å². The summed E-state index contributed by atoms with van der Waals surface area (Å²) in [7, 11) is 0. The van der Waals surface area contributed by atoms with Gasteiger partial charge in [-0.15, -0.1) is 0 Å². The Morgan fingerprint density at radius 3 is 2.67 bits per heavy atom. The lowest BCUT2D eigenvalue weighted by Gasteiger charge is -2.35. The van der Waals surface area contributed by atoms with Crippen molar-refractivity contribution in [2.24, 2.45) is 0 Å². The van der Waals surface area contributed by atoms with Gasteiger partial charge in [0.2, 0.25) is 0 Å². The Bertz CT molecular complexity index is 1110. The summed E-state index contributed by atoms with van der Waals surface area (Å²) in [5, 5.41) is 2.88. The van der Waals surface area contributed by atoms with Gasteiger partial charge in [-0.3, -0.25) is 4.79 Å². The molecule has 0 spiro atoms. The number of ether oxygens (including phenoxy) is 1. The van der Waals surface area contributed by atoms with Gasteiger partial charge in [0.1, 0.15) is 17.7 Å². The Hall–Kier alpha value is -3.67. The maximum absolute atomic E-state index is 13.5. The second-order valence-electron chi connectivity index (χ2n) is 7.26. The van der Waals surface area contributed by atoms with Crippen molar-refractivity contribution in [1.82, 2.24) is 29.8 Å². The van der Waals surface area contributed by atoms with E-state index in [1.54, 1.807) is 37.5 Å². The number of hydrogen-bond donors (Lipinski definition) is 1. The van der Waals surface area contributed by atoms with E-state index in [2.05, 4.69) is 30.2 Å². The van der Waals surface area contributed by atoms with Gasteiger partial charge in [-0.1, -0.05) is 0 Å². The third-order valence-electron chi connectivity index (χ3n) is 4.91. The van der Waals surface area contributed by atoms with Crippen molar-refractivity contribution in [2.75, 3.05) is 25.0 Å². The molecule has 1 aliphatic rings. The Morgan fingerprint density at radius 1 is 1.18 bits per heavy atom. The van der Waals surface area contributed by atoms with Gasteiger partial charge in [-0.25, -0.2) is 24.9 Å². The van der Waals surface area contributed by atoms with Crippen molar-refractivity contribution in [3.63, 3.8) is 0 Å². The van der Waals surface area contributed by atoms with Crippen LogP contribution in [0.15, 0.2) is 43.0 Å². The van der Waals surface area contributed by atoms with E-state index < -0.39 is 18.1 Å². The minimum absolute atomic E-state index is 0.106. The molecule has 1 N–H and O–H groups in total. The molecule has 9 nitrogen and oxygen atoms in total. The van der Waals surface area contributed by atoms with Crippen LogP contribution in [0.2, 0.25) is 0 Å². The Labute approximate surface area is 187 Å². The van der Waals surface area contributed by atoms with E-state index in [9.17, 15) is 18.0 Å². The summed E-state index contributed by atoms with van der Waals surface area (Å²) in [6.45, 7) is 2.75. The molecule has 4 rings (SSSR count). The van der Waals surface area contributed by atoms with Crippen LogP contribution < -0.4 is 5.32 Å². The molecule has 1 fully saturated rings. The second-order valence-corrected chi connectivity index (χ2v) is 7.26. The number of hydrogen-bond acceptors (Lipinski definition) is 8. The van der Waals surface area contributed by atoms with Gasteiger partial charge >= 0.3 is 6.18 Å². The number of aromatic nitrogens is 5. The molecule has 0 saturated carbocycles. The van der Waals surface area contributed by atoms with E-state index in [1.807, 2.05) is 0 Å². The highest BCUT2D eigenvalue weighted by atomic mass is 19.4. The fraction of sp³-hybridized carbons (Fsp3) is 0.333. The summed E-state index contributed by atoms with van der Waals surface area (Å²) in [6.07, 6.45) is 0.187. The van der Waals surface area contributed by atoms with E-state index >= 15 is 0 Å². The molecule has 1 aliphatic heterocycles. The molecule has 172 valence electrons. The third kappa shape index (κ3) is 5.22. The molecule has 3 aromatic heterocycles. The van der Waals surface area contributed by atoms with E-state index in [0.717, 1.165) is 6.20 Å². The van der Waals surface area contributed by atoms with Crippen LogP contribution in [0.5, 0.6) is 0 Å². The first-order chi connectivity index (χ1) is 15.8. The Kier molecular flexibility index (Phi) is 6.45. The maximum atomic E-state index is 13.5. The first kappa shape index (κ1) is 22.5. The van der Waals surface area contributed by atoms with Gasteiger partial charge in [-0.05, 0) is 31.5 Å². The van der Waals surface area contributed by atoms with Gasteiger partial charge in [0.05, 0.1) is 31.1 Å². The van der Waals surface area contributed by atoms with Crippen LogP contribution in [-0.2, 0) is 10.9 Å². The van der Waals surface area contributed by atoms with Crippen LogP contribution in [0.25, 0.3) is 11.4 Å². The summed E-state index contributed by atoms with van der Waals surface area (Å²) in [6, 6.07) is 5.20. The minimum atomic E-state index is -4.57. The number of anilines is 1. The number of alkyl halides is 3. The molecule has 1 saturated heterocycles. The second kappa shape index (κ2) is 9.45. The number of rotatable bonds is 5. The molecule has 0 radical (unpaired) electrons. The summed E-state index contributed by atoms with van der Waals surface area (Å²) in [4.78, 5) is 35.0. The molecule has 3 aromatic rings. The van der Waals surface area contributed by atoms with E-state index in [4.69, 9.17) is 4.74 Å². The van der Waals surface area contributed by atoms with Crippen molar-refractivity contribution in [3.05, 3.63) is 60.1 Å². The van der Waals surface area contributed by atoms with Crippen LogP contribution in [0.4, 0.5) is 19.0 Å². The van der Waals surface area contributed by atoms with E-state index in [1.165, 1.54) is 4.90 Å². The summed E-state index contributed by atoms with van der Waals surface area (Å²) in [5.74, 6) is 0.156. The smallest absolute Gasteiger partial charge is 0.364 e. The monoisotopic (exact) mass is 459 g/mol. The molecule has 33 heavy (non-hydrogen) atoms. The lowest BCUT2D eigenvalue weighted by Crippen LogP contribution is -2.50. The fourth-order valence-corrected chi connectivity index (χ4v) is 3.32. The lowest BCUT2D eigenvalue weighted by molar-refractivity contribution is -0.141. The van der Waals surface area contributed by atoms with Crippen molar-refractivity contribution in [1.29, 1.82) is 0 Å². The average molecular weight is 459 g/mol. The number of nitrogens with zero attached hydrogens (tertiary/aromatic N) is 6. The molecular weight excluding hydrogens is 439 g/mol. The molecule has 0 bridgehead atoms. The third-order valence-corrected chi connectivity index (χ3v) is 4.91. The molecule has 1 atom stereocenters. The first-order valence-corrected chi connectivity index (χ1v) is 10.1. The van der Waals surface area contributed by atoms with Crippen molar-refractivity contribution in [2.45, 2.75) is 25.7 Å². The van der Waals surface area contributed by atoms with Gasteiger partial charge < -0.3 is 15.0 Å². The zero-order valence-corrected chi connectivity index (χ0v) is 17.6. The van der Waals surface area contributed by atoms with Crippen molar-refractivity contribution >= 4 is 11.7 Å². The predicted molar refractivity (Wildman–Crippen MR) is 111 cm³/mol. The molecule has 0 aliphatic carbocycles. The standard InChI is InChI=1S/C21H20F3N7O2/c1-13-4-5-14(19-25-6-2-7-26-19)18(30-13)20(32)31-8-3-9-33-17(31)12-29-16-11-27-15(10-28-16)21(22,23)24/h2,4-7,10-11,17H,3,8-9,12H2,1H3,(H,28,29). The van der Waals surface area contributed by atoms with E-state index in [-0.39, 0.29) is 24.0 Å². The summed E-state index contributed by atoms with van der Waals surface area (Å²) < 4.78 is 43.8. The van der Waals surface area contributed by atoms with Crippen LogP contribution in [0.3, 0.4) is 0 Å². The highest BCUT2D eigenvalue weighted by Gasteiger charge is 2.33. The number of carbonyl (C=O) groups excluding carboxylic acids is 1. The van der Waals surface area contributed by atoms with Crippen LogP contribution in [0.1, 0.15) is 28.3 Å². The maximum Gasteiger partial charge on any atom is 0.434 e. The number of halogens is 3. The number of amides is 1. The van der Waals surface area contributed by atoms with Crippen LogP contribution >= 0.6 is 0 Å². The fourth-order valence-electron chi connectivity index (χ4n) is 3.32.